The summed E-state index contributed by atoms with van der Waals surface area (Å²) in [6.07, 6.45) is 3.28. The van der Waals surface area contributed by atoms with Crippen LogP contribution in [-0.2, 0) is 16.9 Å². The molecular weight excluding hydrogens is 234 g/mol. The van der Waals surface area contributed by atoms with Crippen LogP contribution in [0.2, 0.25) is 0 Å². The molecular formula is C11H17N5O2. The second-order valence-electron chi connectivity index (χ2n) is 4.43. The smallest absolute Gasteiger partial charge is 0.248 e. The zero-order valence-corrected chi connectivity index (χ0v) is 10.8. The highest BCUT2D eigenvalue weighted by Crippen LogP contribution is 2.21. The van der Waals surface area contributed by atoms with Crippen LogP contribution in [0.4, 0.5) is 5.69 Å². The van der Waals surface area contributed by atoms with Gasteiger partial charge in [0.15, 0.2) is 0 Å². The Balaban J connectivity index is 2.11. The summed E-state index contributed by atoms with van der Waals surface area (Å²) >= 11 is 0. The van der Waals surface area contributed by atoms with Gasteiger partial charge in [0, 0.05) is 12.8 Å². The van der Waals surface area contributed by atoms with Crippen LogP contribution in [-0.4, -0.2) is 26.5 Å². The van der Waals surface area contributed by atoms with E-state index in [2.05, 4.69) is 15.2 Å². The zero-order chi connectivity index (χ0) is 13.2. The second-order valence-corrected chi connectivity index (χ2v) is 4.43. The third kappa shape index (κ3) is 2.67. The first-order chi connectivity index (χ1) is 8.51. The van der Waals surface area contributed by atoms with E-state index in [1.54, 1.807) is 17.1 Å². The molecule has 2 rings (SSSR count). The molecule has 0 amide bonds. The summed E-state index contributed by atoms with van der Waals surface area (Å²) in [5.74, 6) is 1.00. The van der Waals surface area contributed by atoms with Crippen LogP contribution in [0.5, 0.6) is 0 Å². The van der Waals surface area contributed by atoms with Crippen LogP contribution < -0.4 is 5.73 Å². The monoisotopic (exact) mass is 251 g/mol. The van der Waals surface area contributed by atoms with Gasteiger partial charge in [-0.2, -0.15) is 10.1 Å². The van der Waals surface area contributed by atoms with Crippen molar-refractivity contribution in [1.29, 1.82) is 0 Å². The number of rotatable bonds is 5. The largest absolute Gasteiger partial charge is 0.396 e. The van der Waals surface area contributed by atoms with E-state index in [-0.39, 0.29) is 0 Å². The minimum Gasteiger partial charge on any atom is -0.396 e. The summed E-state index contributed by atoms with van der Waals surface area (Å²) < 4.78 is 12.4. The Labute approximate surface area is 105 Å². The Morgan fingerprint density at radius 3 is 2.89 bits per heavy atom. The molecule has 0 bridgehead atoms. The molecule has 0 aromatic carbocycles. The molecule has 2 heterocycles. The molecule has 18 heavy (non-hydrogen) atoms. The van der Waals surface area contributed by atoms with Gasteiger partial charge in [-0.3, -0.25) is 4.68 Å². The number of ether oxygens (including phenoxy) is 1. The van der Waals surface area contributed by atoms with Gasteiger partial charge in [-0.05, 0) is 20.8 Å². The average Bonchev–Trinajstić information content (AvgIpc) is 2.89. The lowest BCUT2D eigenvalue weighted by atomic mass is 10.1. The van der Waals surface area contributed by atoms with Gasteiger partial charge >= 0.3 is 0 Å². The van der Waals surface area contributed by atoms with Gasteiger partial charge in [-0.25, -0.2) is 0 Å². The van der Waals surface area contributed by atoms with E-state index in [9.17, 15) is 0 Å². The van der Waals surface area contributed by atoms with E-state index in [1.807, 2.05) is 20.8 Å². The molecule has 2 aromatic heterocycles. The molecule has 0 fully saturated rings. The predicted octanol–water partition coefficient (Wildman–Crippen LogP) is 1.17. The Morgan fingerprint density at radius 1 is 1.50 bits per heavy atom. The zero-order valence-electron chi connectivity index (χ0n) is 10.8. The number of aromatic nitrogens is 4. The number of hydrogen-bond donors (Lipinski definition) is 1. The molecule has 0 unspecified atom stereocenters. The van der Waals surface area contributed by atoms with Crippen molar-refractivity contribution in [2.24, 2.45) is 0 Å². The molecule has 0 atom stereocenters. The van der Waals surface area contributed by atoms with Crippen molar-refractivity contribution < 1.29 is 9.26 Å². The number of hydrogen-bond acceptors (Lipinski definition) is 6. The van der Waals surface area contributed by atoms with Crippen LogP contribution in [0.15, 0.2) is 16.9 Å². The molecule has 0 aliphatic carbocycles. The van der Waals surface area contributed by atoms with Gasteiger partial charge in [-0.1, -0.05) is 5.16 Å². The van der Waals surface area contributed by atoms with Gasteiger partial charge < -0.3 is 15.0 Å². The Kier molecular flexibility index (Phi) is 3.33. The Hall–Kier alpha value is -1.89. The van der Waals surface area contributed by atoms with Crippen molar-refractivity contribution in [2.75, 3.05) is 12.3 Å². The lowest BCUT2D eigenvalue weighted by Crippen LogP contribution is -2.23. The molecule has 0 saturated carbocycles. The van der Waals surface area contributed by atoms with Gasteiger partial charge in [0.2, 0.25) is 11.7 Å². The summed E-state index contributed by atoms with van der Waals surface area (Å²) in [7, 11) is 0. The van der Waals surface area contributed by atoms with Crippen LogP contribution in [0.1, 0.15) is 32.5 Å². The van der Waals surface area contributed by atoms with Crippen molar-refractivity contribution in [1.82, 2.24) is 19.9 Å². The van der Waals surface area contributed by atoms with Crippen LogP contribution >= 0.6 is 0 Å². The van der Waals surface area contributed by atoms with E-state index in [0.29, 0.717) is 30.6 Å². The summed E-state index contributed by atoms with van der Waals surface area (Å²) in [5.41, 5.74) is 5.62. The standard InChI is InChI=1S/C11H17N5O2/c1-4-17-11(2,3)10-14-9(18-15-10)7-16-6-8(12)5-13-16/h5-6H,4,7,12H2,1-3H3. The minimum absolute atomic E-state index is 0.395. The van der Waals surface area contributed by atoms with Crippen molar-refractivity contribution in [3.05, 3.63) is 24.1 Å². The highest BCUT2D eigenvalue weighted by molar-refractivity contribution is 5.30. The predicted molar refractivity (Wildman–Crippen MR) is 64.7 cm³/mol. The lowest BCUT2D eigenvalue weighted by Gasteiger charge is -2.19. The number of anilines is 1. The van der Waals surface area contributed by atoms with E-state index >= 15 is 0 Å². The summed E-state index contributed by atoms with van der Waals surface area (Å²) in [6.45, 7) is 6.71. The van der Waals surface area contributed by atoms with Crippen molar-refractivity contribution >= 4 is 5.69 Å². The molecule has 2 aromatic rings. The maximum absolute atomic E-state index is 5.58. The van der Waals surface area contributed by atoms with Crippen LogP contribution in [0, 0.1) is 0 Å². The van der Waals surface area contributed by atoms with Crippen molar-refractivity contribution in [2.45, 2.75) is 32.9 Å². The molecule has 0 spiro atoms. The van der Waals surface area contributed by atoms with Crippen LogP contribution in [0.25, 0.3) is 0 Å². The van der Waals surface area contributed by atoms with E-state index in [1.165, 1.54) is 0 Å². The van der Waals surface area contributed by atoms with Crippen LogP contribution in [0.3, 0.4) is 0 Å². The SMILES string of the molecule is CCOC(C)(C)c1noc(Cn2cc(N)cn2)n1. The fourth-order valence-electron chi connectivity index (χ4n) is 1.59. The number of nitrogen functional groups attached to an aromatic ring is 1. The summed E-state index contributed by atoms with van der Waals surface area (Å²) in [4.78, 5) is 4.30. The molecule has 2 N–H and O–H groups in total. The molecule has 7 heteroatoms. The first-order valence-corrected chi connectivity index (χ1v) is 5.76. The Morgan fingerprint density at radius 2 is 2.28 bits per heavy atom. The summed E-state index contributed by atoms with van der Waals surface area (Å²) in [6, 6.07) is 0. The molecule has 7 nitrogen and oxygen atoms in total. The van der Waals surface area contributed by atoms with Crippen molar-refractivity contribution in [3.8, 4) is 0 Å². The molecule has 0 saturated heterocycles. The third-order valence-electron chi connectivity index (χ3n) is 2.46. The van der Waals surface area contributed by atoms with E-state index in [0.717, 1.165) is 0 Å². The highest BCUT2D eigenvalue weighted by atomic mass is 16.5. The normalized spacial score (nSPS) is 11.9. The van der Waals surface area contributed by atoms with Gasteiger partial charge in [0.05, 0.1) is 11.9 Å². The quantitative estimate of drug-likeness (QED) is 0.857. The fraction of sp³-hybridized carbons (Fsp3) is 0.545. The van der Waals surface area contributed by atoms with E-state index in [4.69, 9.17) is 15.0 Å². The van der Waals surface area contributed by atoms with E-state index < -0.39 is 5.60 Å². The highest BCUT2D eigenvalue weighted by Gasteiger charge is 2.27. The molecule has 0 aliphatic rings. The lowest BCUT2D eigenvalue weighted by molar-refractivity contribution is -0.0221. The van der Waals surface area contributed by atoms with Gasteiger partial charge in [0.25, 0.3) is 0 Å². The maximum Gasteiger partial charge on any atom is 0.248 e. The topological polar surface area (TPSA) is 92.0 Å². The third-order valence-corrected chi connectivity index (χ3v) is 2.46. The van der Waals surface area contributed by atoms with Gasteiger partial charge in [-0.15, -0.1) is 0 Å². The minimum atomic E-state index is -0.556. The Bertz CT molecular complexity index is 517. The molecule has 0 radical (unpaired) electrons. The molecule has 98 valence electrons. The average molecular weight is 251 g/mol. The maximum atomic E-state index is 5.58. The fourth-order valence-corrected chi connectivity index (χ4v) is 1.59. The molecule has 0 aliphatic heterocycles. The first-order valence-electron chi connectivity index (χ1n) is 5.76. The first kappa shape index (κ1) is 12.6. The number of nitrogens with two attached hydrogens (primary N) is 1. The second kappa shape index (κ2) is 4.77. The number of nitrogens with zero attached hydrogens (tertiary/aromatic N) is 4. The van der Waals surface area contributed by atoms with Crippen molar-refractivity contribution in [3.63, 3.8) is 0 Å². The summed E-state index contributed by atoms with van der Waals surface area (Å²) in [5, 5.41) is 7.98. The van der Waals surface area contributed by atoms with Gasteiger partial charge in [0.1, 0.15) is 12.1 Å².